The van der Waals surface area contributed by atoms with Crippen LogP contribution in [0.15, 0.2) is 65.8 Å². The van der Waals surface area contributed by atoms with Gasteiger partial charge in [-0.05, 0) is 68.3 Å². The second-order valence-electron chi connectivity index (χ2n) is 7.28. The Bertz CT molecular complexity index is 1280. The summed E-state index contributed by atoms with van der Waals surface area (Å²) in [6.07, 6.45) is 0. The number of hydrogen-bond acceptors (Lipinski definition) is 4. The van der Waals surface area contributed by atoms with E-state index >= 15 is 0 Å². The number of aryl methyl sites for hydroxylation is 2. The van der Waals surface area contributed by atoms with E-state index in [9.17, 15) is 4.79 Å². The Morgan fingerprint density at radius 3 is 2.37 bits per heavy atom. The molecule has 0 amide bonds. The number of aromatic nitrogens is 1. The normalized spacial score (nSPS) is 11.8. The van der Waals surface area contributed by atoms with E-state index in [1.807, 2.05) is 50.2 Å². The second-order valence-corrected chi connectivity index (χ2v) is 7.28. The zero-order valence-corrected chi connectivity index (χ0v) is 17.6. The van der Waals surface area contributed by atoms with Gasteiger partial charge in [0.15, 0.2) is 0 Å². The van der Waals surface area contributed by atoms with Gasteiger partial charge in [-0.25, -0.2) is 4.79 Å². The summed E-state index contributed by atoms with van der Waals surface area (Å²) in [5.41, 5.74) is 4.94. The number of carbonyl (C=O) groups is 1. The first-order valence-electron chi connectivity index (χ1n) is 10.00. The number of fused-ring (bicyclic) bond motifs is 3. The summed E-state index contributed by atoms with van der Waals surface area (Å²) < 4.78 is 8.44. The zero-order valence-electron chi connectivity index (χ0n) is 17.6. The van der Waals surface area contributed by atoms with E-state index in [0.29, 0.717) is 5.71 Å². The fourth-order valence-corrected chi connectivity index (χ4v) is 3.70. The smallest absolute Gasteiger partial charge is 0.331 e. The van der Waals surface area contributed by atoms with Crippen molar-refractivity contribution in [2.45, 2.75) is 34.2 Å². The molecule has 0 bridgehead atoms. The summed E-state index contributed by atoms with van der Waals surface area (Å²) in [6.45, 7) is 8.20. The molecule has 0 spiro atoms. The van der Waals surface area contributed by atoms with Crippen LogP contribution in [0.2, 0.25) is 0 Å². The van der Waals surface area contributed by atoms with Crippen LogP contribution in [-0.4, -0.2) is 16.2 Å². The topological polar surface area (TPSA) is 52.8 Å². The molecular weight excluding hydrogens is 376 g/mol. The molecule has 0 atom stereocenters. The first kappa shape index (κ1) is 19.7. The number of nitrogens with zero attached hydrogens (tertiary/aromatic N) is 2. The molecule has 0 saturated carbocycles. The fraction of sp³-hybridized carbons (Fsp3) is 0.200. The van der Waals surface area contributed by atoms with E-state index in [-0.39, 0.29) is 0 Å². The lowest BCUT2D eigenvalue weighted by Gasteiger charge is -2.09. The van der Waals surface area contributed by atoms with Crippen molar-refractivity contribution in [3.63, 3.8) is 0 Å². The average molecular weight is 400 g/mol. The summed E-state index contributed by atoms with van der Waals surface area (Å²) in [6, 6.07) is 20.4. The van der Waals surface area contributed by atoms with E-state index in [0.717, 1.165) is 51.0 Å². The van der Waals surface area contributed by atoms with E-state index in [1.54, 1.807) is 0 Å². The molecule has 4 rings (SSSR count). The third-order valence-corrected chi connectivity index (χ3v) is 5.20. The Morgan fingerprint density at radius 2 is 1.67 bits per heavy atom. The summed E-state index contributed by atoms with van der Waals surface area (Å²) in [4.78, 5) is 15.9. The van der Waals surface area contributed by atoms with Crippen molar-refractivity contribution in [3.8, 4) is 11.5 Å². The van der Waals surface area contributed by atoms with E-state index in [1.165, 1.54) is 6.92 Å². The van der Waals surface area contributed by atoms with E-state index < -0.39 is 5.97 Å². The maximum Gasteiger partial charge on any atom is 0.331 e. The zero-order chi connectivity index (χ0) is 21.3. The molecule has 0 fully saturated rings. The Morgan fingerprint density at radius 1 is 0.967 bits per heavy atom. The van der Waals surface area contributed by atoms with Gasteiger partial charge in [0.25, 0.3) is 0 Å². The molecular formula is C25H24N2O3. The molecule has 1 aromatic heterocycles. The minimum absolute atomic E-state index is 0.434. The molecule has 0 aliphatic heterocycles. The van der Waals surface area contributed by atoms with E-state index in [2.05, 4.69) is 40.9 Å². The standard InChI is InChI=1S/C25H24N2O3/c1-5-27-23-12-10-19(17(3)26-30-18(4)28)14-21(23)22-15-20(11-13-24(22)27)29-25-9-7-6-8-16(25)2/h6-15H,5H2,1-4H3. The minimum atomic E-state index is -0.434. The quantitative estimate of drug-likeness (QED) is 0.228. The van der Waals surface area contributed by atoms with Crippen LogP contribution in [0.3, 0.4) is 0 Å². The van der Waals surface area contributed by atoms with Gasteiger partial charge in [0.1, 0.15) is 11.5 Å². The van der Waals surface area contributed by atoms with Crippen molar-refractivity contribution in [2.75, 3.05) is 0 Å². The van der Waals surface area contributed by atoms with E-state index in [4.69, 9.17) is 9.57 Å². The molecule has 0 aliphatic carbocycles. The van der Waals surface area contributed by atoms with Gasteiger partial charge in [0.2, 0.25) is 0 Å². The lowest BCUT2D eigenvalue weighted by Crippen LogP contribution is -1.99. The van der Waals surface area contributed by atoms with Crippen molar-refractivity contribution in [3.05, 3.63) is 71.8 Å². The van der Waals surface area contributed by atoms with Gasteiger partial charge in [-0.2, -0.15) is 0 Å². The van der Waals surface area contributed by atoms with Gasteiger partial charge < -0.3 is 14.1 Å². The first-order valence-corrected chi connectivity index (χ1v) is 10.00. The van der Waals surface area contributed by atoms with Gasteiger partial charge in [-0.15, -0.1) is 0 Å². The van der Waals surface area contributed by atoms with Crippen LogP contribution in [0.4, 0.5) is 0 Å². The second kappa shape index (κ2) is 8.03. The highest BCUT2D eigenvalue weighted by Gasteiger charge is 2.13. The SMILES string of the molecule is CCn1c2ccc(Oc3ccccc3C)cc2c2cc(C(C)=NOC(C)=O)ccc21. The summed E-state index contributed by atoms with van der Waals surface area (Å²) in [5.74, 6) is 1.21. The first-order chi connectivity index (χ1) is 14.5. The molecule has 0 aliphatic rings. The monoisotopic (exact) mass is 400 g/mol. The molecule has 30 heavy (non-hydrogen) atoms. The predicted molar refractivity (Wildman–Crippen MR) is 120 cm³/mol. The third kappa shape index (κ3) is 3.66. The number of benzene rings is 3. The van der Waals surface area contributed by atoms with Crippen molar-refractivity contribution >= 4 is 33.5 Å². The highest BCUT2D eigenvalue weighted by atomic mass is 16.7. The fourth-order valence-electron chi connectivity index (χ4n) is 3.70. The van der Waals surface area contributed by atoms with Gasteiger partial charge in [0.05, 0.1) is 5.71 Å². The number of rotatable bonds is 5. The maximum atomic E-state index is 11.1. The Hall–Kier alpha value is -3.60. The minimum Gasteiger partial charge on any atom is -0.457 e. The highest BCUT2D eigenvalue weighted by molar-refractivity contribution is 6.11. The summed E-state index contributed by atoms with van der Waals surface area (Å²) >= 11 is 0. The van der Waals surface area contributed by atoms with Crippen LogP contribution < -0.4 is 4.74 Å². The summed E-state index contributed by atoms with van der Waals surface area (Å²) in [5, 5.41) is 6.15. The third-order valence-electron chi connectivity index (χ3n) is 5.20. The van der Waals surface area contributed by atoms with Crippen LogP contribution in [0.1, 0.15) is 31.9 Å². The molecule has 5 nitrogen and oxygen atoms in total. The Balaban J connectivity index is 1.83. The average Bonchev–Trinajstić information content (AvgIpc) is 3.06. The van der Waals surface area contributed by atoms with Crippen LogP contribution in [0.25, 0.3) is 21.8 Å². The van der Waals surface area contributed by atoms with Crippen molar-refractivity contribution in [1.29, 1.82) is 0 Å². The molecule has 0 unspecified atom stereocenters. The lowest BCUT2D eigenvalue weighted by molar-refractivity contribution is -0.140. The van der Waals surface area contributed by atoms with Gasteiger partial charge in [-0.1, -0.05) is 29.4 Å². The lowest BCUT2D eigenvalue weighted by atomic mass is 10.1. The number of hydrogen-bond donors (Lipinski definition) is 0. The van der Waals surface area contributed by atoms with Crippen molar-refractivity contribution < 1.29 is 14.4 Å². The number of para-hydroxylation sites is 1. The molecule has 4 aromatic rings. The predicted octanol–water partition coefficient (Wildman–Crippen LogP) is 6.20. The molecule has 0 radical (unpaired) electrons. The molecule has 152 valence electrons. The number of oxime groups is 1. The Labute approximate surface area is 175 Å². The number of carbonyl (C=O) groups excluding carboxylic acids is 1. The van der Waals surface area contributed by atoms with Crippen molar-refractivity contribution in [2.24, 2.45) is 5.16 Å². The molecule has 5 heteroatoms. The van der Waals surface area contributed by atoms with Gasteiger partial charge >= 0.3 is 5.97 Å². The molecule has 0 N–H and O–H groups in total. The van der Waals surface area contributed by atoms with Gasteiger partial charge in [-0.3, -0.25) is 0 Å². The van der Waals surface area contributed by atoms with Crippen LogP contribution >= 0.6 is 0 Å². The largest absolute Gasteiger partial charge is 0.457 e. The van der Waals surface area contributed by atoms with Crippen LogP contribution in [0, 0.1) is 6.92 Å². The molecule has 3 aromatic carbocycles. The van der Waals surface area contributed by atoms with Crippen molar-refractivity contribution in [1.82, 2.24) is 4.57 Å². The highest BCUT2D eigenvalue weighted by Crippen LogP contribution is 2.34. The summed E-state index contributed by atoms with van der Waals surface area (Å²) in [7, 11) is 0. The van der Waals surface area contributed by atoms with Gasteiger partial charge in [0, 0.05) is 35.3 Å². The molecule has 0 saturated heterocycles. The van der Waals surface area contributed by atoms with Crippen LogP contribution in [0.5, 0.6) is 11.5 Å². The maximum absolute atomic E-state index is 11.1. The number of ether oxygens (including phenoxy) is 1. The molecule has 1 heterocycles. The Kier molecular flexibility index (Phi) is 5.27. The van der Waals surface area contributed by atoms with Crippen LogP contribution in [-0.2, 0) is 16.2 Å².